The number of halogens is 4. The Kier molecular flexibility index (Phi) is 3.68. The molecule has 0 atom stereocenters. The van der Waals surface area contributed by atoms with Crippen molar-refractivity contribution in [1.29, 1.82) is 0 Å². The molecule has 0 nitrogen and oxygen atoms in total. The van der Waals surface area contributed by atoms with Gasteiger partial charge in [0.2, 0.25) is 0 Å². The number of rotatable bonds is 4. The molecule has 0 rings (SSSR count). The molecule has 61 valence electrons. The first-order chi connectivity index (χ1) is 4.50. The molecular formula is C6H9F4. The van der Waals surface area contributed by atoms with Crippen molar-refractivity contribution in [3.05, 3.63) is 6.43 Å². The second-order valence-corrected chi connectivity index (χ2v) is 2.07. The molecule has 0 saturated carbocycles. The summed E-state index contributed by atoms with van der Waals surface area (Å²) < 4.78 is 46.5. The van der Waals surface area contributed by atoms with E-state index in [1.807, 2.05) is 0 Å². The van der Waals surface area contributed by atoms with E-state index in [1.165, 1.54) is 0 Å². The van der Waals surface area contributed by atoms with Crippen molar-refractivity contribution < 1.29 is 17.6 Å². The summed E-state index contributed by atoms with van der Waals surface area (Å²) in [7, 11) is 0. The molecule has 0 heterocycles. The zero-order valence-electron chi connectivity index (χ0n) is 5.63. The van der Waals surface area contributed by atoms with Gasteiger partial charge in [-0.2, -0.15) is 17.6 Å². The fourth-order valence-electron chi connectivity index (χ4n) is 0.493. The zero-order valence-corrected chi connectivity index (χ0v) is 5.63. The SMILES string of the molecule is CCCCC(F)(F)[C](F)F. The van der Waals surface area contributed by atoms with Crippen LogP contribution in [0.3, 0.4) is 0 Å². The van der Waals surface area contributed by atoms with E-state index in [4.69, 9.17) is 0 Å². The molecule has 0 aliphatic heterocycles. The summed E-state index contributed by atoms with van der Waals surface area (Å²) in [4.78, 5) is 0. The van der Waals surface area contributed by atoms with Crippen molar-refractivity contribution >= 4 is 0 Å². The summed E-state index contributed by atoms with van der Waals surface area (Å²) in [6.45, 7) is 1.67. The lowest BCUT2D eigenvalue weighted by atomic mass is 10.1. The fourth-order valence-corrected chi connectivity index (χ4v) is 0.493. The quantitative estimate of drug-likeness (QED) is 0.549. The van der Waals surface area contributed by atoms with Crippen molar-refractivity contribution in [2.75, 3.05) is 0 Å². The maximum Gasteiger partial charge on any atom is 0.378 e. The van der Waals surface area contributed by atoms with Gasteiger partial charge in [-0.1, -0.05) is 13.3 Å². The van der Waals surface area contributed by atoms with Crippen LogP contribution in [0.5, 0.6) is 0 Å². The largest absolute Gasteiger partial charge is 0.378 e. The normalized spacial score (nSPS) is 12.6. The zero-order chi connectivity index (χ0) is 8.20. The molecule has 0 aliphatic carbocycles. The van der Waals surface area contributed by atoms with E-state index in [1.54, 1.807) is 6.92 Å². The van der Waals surface area contributed by atoms with Gasteiger partial charge in [0.25, 0.3) is 0 Å². The molecule has 0 aromatic carbocycles. The lowest BCUT2D eigenvalue weighted by Gasteiger charge is -2.11. The molecule has 0 fully saturated rings. The lowest BCUT2D eigenvalue weighted by Crippen LogP contribution is -2.19. The van der Waals surface area contributed by atoms with Gasteiger partial charge in [0, 0.05) is 6.42 Å². The molecule has 0 saturated heterocycles. The molecule has 0 unspecified atom stereocenters. The smallest absolute Gasteiger partial charge is 0.200 e. The average Bonchev–Trinajstić information content (AvgIpc) is 1.84. The van der Waals surface area contributed by atoms with Crippen LogP contribution in [0.25, 0.3) is 0 Å². The van der Waals surface area contributed by atoms with E-state index in [0.717, 1.165) is 0 Å². The maximum atomic E-state index is 11.9. The lowest BCUT2D eigenvalue weighted by molar-refractivity contribution is -0.0668. The van der Waals surface area contributed by atoms with Gasteiger partial charge in [-0.3, -0.25) is 0 Å². The van der Waals surface area contributed by atoms with E-state index < -0.39 is 18.8 Å². The third-order valence-corrected chi connectivity index (χ3v) is 1.12. The molecule has 0 amide bonds. The Labute approximate surface area is 57.2 Å². The topological polar surface area (TPSA) is 0 Å². The van der Waals surface area contributed by atoms with E-state index >= 15 is 0 Å². The van der Waals surface area contributed by atoms with Crippen LogP contribution in [-0.4, -0.2) is 5.92 Å². The molecule has 10 heavy (non-hydrogen) atoms. The molecular weight excluding hydrogens is 148 g/mol. The van der Waals surface area contributed by atoms with Crippen LogP contribution in [0, 0.1) is 6.43 Å². The monoisotopic (exact) mass is 157 g/mol. The molecule has 0 spiro atoms. The predicted molar refractivity (Wildman–Crippen MR) is 29.9 cm³/mol. The van der Waals surface area contributed by atoms with Crippen molar-refractivity contribution in [3.63, 3.8) is 0 Å². The van der Waals surface area contributed by atoms with Crippen LogP contribution >= 0.6 is 0 Å². The van der Waals surface area contributed by atoms with Crippen LogP contribution < -0.4 is 0 Å². The van der Waals surface area contributed by atoms with Crippen LogP contribution in [0.15, 0.2) is 0 Å². The van der Waals surface area contributed by atoms with Crippen LogP contribution in [-0.2, 0) is 0 Å². The van der Waals surface area contributed by atoms with Crippen LogP contribution in [0.4, 0.5) is 17.6 Å². The number of unbranched alkanes of at least 4 members (excludes halogenated alkanes) is 1. The summed E-state index contributed by atoms with van der Waals surface area (Å²) in [6, 6.07) is 0. The molecule has 1 radical (unpaired) electrons. The fraction of sp³-hybridized carbons (Fsp3) is 0.833. The standard InChI is InChI=1S/C6H9F4/c1-2-3-4-6(9,10)5(7)8/h2-4H2,1H3. The second kappa shape index (κ2) is 3.78. The average molecular weight is 157 g/mol. The van der Waals surface area contributed by atoms with Gasteiger partial charge in [0.15, 0.2) is 0 Å². The summed E-state index contributed by atoms with van der Waals surface area (Å²) in [5.74, 6) is -3.87. The number of hydrogen-bond acceptors (Lipinski definition) is 0. The highest BCUT2D eigenvalue weighted by Crippen LogP contribution is 2.33. The molecule has 0 aromatic rings. The highest BCUT2D eigenvalue weighted by Gasteiger charge is 2.41. The van der Waals surface area contributed by atoms with Gasteiger partial charge < -0.3 is 0 Å². The Hall–Kier alpha value is -0.280. The Morgan fingerprint density at radius 3 is 2.10 bits per heavy atom. The van der Waals surface area contributed by atoms with Gasteiger partial charge in [-0.05, 0) is 6.42 Å². The van der Waals surface area contributed by atoms with Crippen LogP contribution in [0.2, 0.25) is 0 Å². The summed E-state index contributed by atoms with van der Waals surface area (Å²) >= 11 is 0. The van der Waals surface area contributed by atoms with Gasteiger partial charge >= 0.3 is 12.3 Å². The van der Waals surface area contributed by atoms with Crippen molar-refractivity contribution in [3.8, 4) is 0 Å². The third-order valence-electron chi connectivity index (χ3n) is 1.12. The molecule has 0 N–H and O–H groups in total. The molecule has 0 aromatic heterocycles. The Morgan fingerprint density at radius 1 is 1.30 bits per heavy atom. The minimum atomic E-state index is -3.87. The first-order valence-electron chi connectivity index (χ1n) is 3.07. The van der Waals surface area contributed by atoms with Crippen molar-refractivity contribution in [2.24, 2.45) is 0 Å². The number of alkyl halides is 2. The minimum Gasteiger partial charge on any atom is -0.200 e. The first kappa shape index (κ1) is 9.72. The van der Waals surface area contributed by atoms with E-state index in [2.05, 4.69) is 0 Å². The first-order valence-corrected chi connectivity index (χ1v) is 3.07. The van der Waals surface area contributed by atoms with Crippen LogP contribution in [0.1, 0.15) is 26.2 Å². The Balaban J connectivity index is 3.63. The highest BCUT2D eigenvalue weighted by atomic mass is 19.3. The second-order valence-electron chi connectivity index (χ2n) is 2.07. The van der Waals surface area contributed by atoms with Gasteiger partial charge in [-0.15, -0.1) is 0 Å². The van der Waals surface area contributed by atoms with Crippen molar-refractivity contribution in [1.82, 2.24) is 0 Å². The van der Waals surface area contributed by atoms with Crippen molar-refractivity contribution in [2.45, 2.75) is 32.1 Å². The third kappa shape index (κ3) is 3.03. The Morgan fingerprint density at radius 2 is 1.80 bits per heavy atom. The van der Waals surface area contributed by atoms with E-state index in [0.29, 0.717) is 6.42 Å². The summed E-state index contributed by atoms with van der Waals surface area (Å²) in [5, 5.41) is 0. The predicted octanol–water partition coefficient (Wildman–Crippen LogP) is 3.24. The maximum absolute atomic E-state index is 11.9. The number of hydrogen-bond donors (Lipinski definition) is 0. The van der Waals surface area contributed by atoms with Gasteiger partial charge in [0.05, 0.1) is 0 Å². The molecule has 4 heteroatoms. The van der Waals surface area contributed by atoms with E-state index in [-0.39, 0.29) is 6.42 Å². The molecule has 0 aliphatic rings. The summed E-state index contributed by atoms with van der Waals surface area (Å²) in [6.07, 6.45) is -2.89. The highest BCUT2D eigenvalue weighted by molar-refractivity contribution is 4.82. The molecule has 0 bridgehead atoms. The van der Waals surface area contributed by atoms with E-state index in [9.17, 15) is 17.6 Å². The summed E-state index contributed by atoms with van der Waals surface area (Å²) in [5.41, 5.74) is 0. The minimum absolute atomic E-state index is 0.129. The Bertz CT molecular complexity index is 89.7. The van der Waals surface area contributed by atoms with Gasteiger partial charge in [0.1, 0.15) is 0 Å². The van der Waals surface area contributed by atoms with Gasteiger partial charge in [-0.25, -0.2) is 0 Å².